The molecule has 0 radical (unpaired) electrons. The molecule has 1 aliphatic heterocycles. The number of rotatable bonds is 0. The number of hydrogen-bond donors (Lipinski definition) is 0. The summed E-state index contributed by atoms with van der Waals surface area (Å²) in [5.74, 6) is 6.20. The molecule has 0 aliphatic carbocycles. The van der Waals surface area contributed by atoms with E-state index in [0.717, 1.165) is 17.7 Å². The van der Waals surface area contributed by atoms with Crippen molar-refractivity contribution < 1.29 is 0 Å². The van der Waals surface area contributed by atoms with Gasteiger partial charge in [-0.2, -0.15) is 0 Å². The van der Waals surface area contributed by atoms with Crippen LogP contribution >= 0.6 is 0 Å². The summed E-state index contributed by atoms with van der Waals surface area (Å²) in [5.41, 5.74) is 3.46. The Hall–Kier alpha value is -1.81. The molecule has 0 N–H and O–H groups in total. The minimum absolute atomic E-state index is 0.199. The van der Waals surface area contributed by atoms with Gasteiger partial charge in [0.25, 0.3) is 0 Å². The highest BCUT2D eigenvalue weighted by molar-refractivity contribution is 5.67. The zero-order valence-corrected chi connectivity index (χ0v) is 10.6. The molecule has 0 amide bonds. The SMILES string of the molecule is CC(C)(C)c1ccc(C#CC2=CCC=N2)cc1. The average Bonchev–Trinajstić information content (AvgIpc) is 2.78. The van der Waals surface area contributed by atoms with E-state index in [4.69, 9.17) is 0 Å². The van der Waals surface area contributed by atoms with Gasteiger partial charge in [-0.3, -0.25) is 4.99 Å². The third kappa shape index (κ3) is 3.07. The summed E-state index contributed by atoms with van der Waals surface area (Å²) in [4.78, 5) is 4.17. The fraction of sp³-hybridized carbons (Fsp3) is 0.312. The maximum Gasteiger partial charge on any atom is 0.109 e. The van der Waals surface area contributed by atoms with Crippen LogP contribution in [0.3, 0.4) is 0 Å². The largest absolute Gasteiger partial charge is 0.252 e. The lowest BCUT2D eigenvalue weighted by atomic mass is 9.87. The monoisotopic (exact) mass is 223 g/mol. The number of aliphatic imine (C=N–C) groups is 1. The standard InChI is InChI=1S/C16H17N/c1-16(2,3)14-9-6-13(7-10-14)8-11-15-5-4-12-17-15/h5-7,9-10,12H,4H2,1-3H3. The molecule has 1 aromatic rings. The molecule has 0 bridgehead atoms. The number of allylic oxidation sites excluding steroid dienone is 2. The van der Waals surface area contributed by atoms with Crippen LogP contribution in [0.15, 0.2) is 41.0 Å². The molecule has 0 saturated heterocycles. The molecule has 0 atom stereocenters. The molecule has 1 aromatic carbocycles. The minimum Gasteiger partial charge on any atom is -0.252 e. The van der Waals surface area contributed by atoms with Crippen molar-refractivity contribution in [1.29, 1.82) is 0 Å². The lowest BCUT2D eigenvalue weighted by molar-refractivity contribution is 0.590. The topological polar surface area (TPSA) is 12.4 Å². The molecule has 0 saturated carbocycles. The summed E-state index contributed by atoms with van der Waals surface area (Å²) in [7, 11) is 0. The van der Waals surface area contributed by atoms with Crippen molar-refractivity contribution in [1.82, 2.24) is 0 Å². The molecule has 0 unspecified atom stereocenters. The van der Waals surface area contributed by atoms with Crippen LogP contribution in [0.4, 0.5) is 0 Å². The fourth-order valence-electron chi connectivity index (χ4n) is 1.64. The van der Waals surface area contributed by atoms with Crippen LogP contribution in [0.25, 0.3) is 0 Å². The first kappa shape index (κ1) is 11.7. The zero-order chi connectivity index (χ0) is 12.3. The Morgan fingerprint density at radius 2 is 1.76 bits per heavy atom. The van der Waals surface area contributed by atoms with E-state index in [-0.39, 0.29) is 5.41 Å². The van der Waals surface area contributed by atoms with Gasteiger partial charge < -0.3 is 0 Å². The Morgan fingerprint density at radius 3 is 2.29 bits per heavy atom. The number of nitrogens with zero attached hydrogens (tertiary/aromatic N) is 1. The summed E-state index contributed by atoms with van der Waals surface area (Å²) in [5, 5.41) is 0. The van der Waals surface area contributed by atoms with Crippen LogP contribution in [0.1, 0.15) is 38.3 Å². The Bertz CT molecular complexity index is 513. The summed E-state index contributed by atoms with van der Waals surface area (Å²) < 4.78 is 0. The van der Waals surface area contributed by atoms with Gasteiger partial charge in [-0.15, -0.1) is 0 Å². The van der Waals surface area contributed by atoms with E-state index in [1.54, 1.807) is 0 Å². The Labute approximate surface area is 103 Å². The van der Waals surface area contributed by atoms with Gasteiger partial charge in [-0.05, 0) is 35.1 Å². The van der Waals surface area contributed by atoms with Gasteiger partial charge >= 0.3 is 0 Å². The van der Waals surface area contributed by atoms with E-state index in [2.05, 4.69) is 61.9 Å². The molecule has 2 rings (SSSR count). The first-order chi connectivity index (χ1) is 8.05. The predicted octanol–water partition coefficient (Wildman–Crippen LogP) is 3.69. The van der Waals surface area contributed by atoms with E-state index in [9.17, 15) is 0 Å². The number of hydrogen-bond acceptors (Lipinski definition) is 1. The van der Waals surface area contributed by atoms with Crippen LogP contribution in [-0.2, 0) is 5.41 Å². The first-order valence-corrected chi connectivity index (χ1v) is 5.91. The zero-order valence-electron chi connectivity index (χ0n) is 10.6. The third-order valence-corrected chi connectivity index (χ3v) is 2.73. The van der Waals surface area contributed by atoms with E-state index < -0.39 is 0 Å². The second kappa shape index (κ2) is 4.59. The van der Waals surface area contributed by atoms with Crippen molar-refractivity contribution >= 4 is 6.21 Å². The van der Waals surface area contributed by atoms with Gasteiger partial charge in [0.1, 0.15) is 5.70 Å². The second-order valence-corrected chi connectivity index (χ2v) is 5.21. The van der Waals surface area contributed by atoms with E-state index >= 15 is 0 Å². The van der Waals surface area contributed by atoms with Crippen molar-refractivity contribution in [2.45, 2.75) is 32.6 Å². The summed E-state index contributed by atoms with van der Waals surface area (Å²) in [6.07, 6.45) is 4.83. The molecular weight excluding hydrogens is 206 g/mol. The van der Waals surface area contributed by atoms with Gasteiger partial charge in [0.05, 0.1) is 0 Å². The van der Waals surface area contributed by atoms with Crippen LogP contribution < -0.4 is 0 Å². The average molecular weight is 223 g/mol. The van der Waals surface area contributed by atoms with Gasteiger partial charge in [-0.1, -0.05) is 38.8 Å². The van der Waals surface area contributed by atoms with Gasteiger partial charge in [0.2, 0.25) is 0 Å². The lowest BCUT2D eigenvalue weighted by Crippen LogP contribution is -2.10. The van der Waals surface area contributed by atoms with Crippen molar-refractivity contribution in [3.63, 3.8) is 0 Å². The van der Waals surface area contributed by atoms with Crippen molar-refractivity contribution in [3.8, 4) is 11.8 Å². The summed E-state index contributed by atoms with van der Waals surface area (Å²) >= 11 is 0. The number of benzene rings is 1. The Kier molecular flexibility index (Phi) is 3.15. The van der Waals surface area contributed by atoms with Gasteiger partial charge in [0.15, 0.2) is 0 Å². The van der Waals surface area contributed by atoms with E-state index in [0.29, 0.717) is 0 Å². The molecule has 1 heteroatoms. The molecule has 0 fully saturated rings. The van der Waals surface area contributed by atoms with Gasteiger partial charge in [0, 0.05) is 18.2 Å². The quantitative estimate of drug-likeness (QED) is 0.595. The molecule has 17 heavy (non-hydrogen) atoms. The van der Waals surface area contributed by atoms with Crippen LogP contribution in [0.5, 0.6) is 0 Å². The molecular formula is C16H17N. The van der Waals surface area contributed by atoms with Gasteiger partial charge in [-0.25, -0.2) is 0 Å². The molecule has 0 aromatic heterocycles. The van der Waals surface area contributed by atoms with Crippen molar-refractivity contribution in [3.05, 3.63) is 47.2 Å². The van der Waals surface area contributed by atoms with Crippen molar-refractivity contribution in [2.24, 2.45) is 4.99 Å². The normalized spacial score (nSPS) is 14.2. The predicted molar refractivity (Wildman–Crippen MR) is 73.2 cm³/mol. The van der Waals surface area contributed by atoms with E-state index in [1.165, 1.54) is 5.56 Å². The summed E-state index contributed by atoms with van der Waals surface area (Å²) in [6, 6.07) is 8.45. The lowest BCUT2D eigenvalue weighted by Gasteiger charge is -2.18. The molecule has 0 spiro atoms. The molecule has 1 nitrogen and oxygen atoms in total. The van der Waals surface area contributed by atoms with Crippen LogP contribution in [0, 0.1) is 11.8 Å². The van der Waals surface area contributed by atoms with Crippen LogP contribution in [0.2, 0.25) is 0 Å². The highest BCUT2D eigenvalue weighted by Gasteiger charge is 2.12. The highest BCUT2D eigenvalue weighted by atomic mass is 14.7. The fourth-order valence-corrected chi connectivity index (χ4v) is 1.64. The third-order valence-electron chi connectivity index (χ3n) is 2.73. The van der Waals surface area contributed by atoms with E-state index in [1.807, 2.05) is 12.3 Å². The second-order valence-electron chi connectivity index (χ2n) is 5.21. The maximum absolute atomic E-state index is 4.17. The molecule has 86 valence electrons. The molecule has 1 heterocycles. The summed E-state index contributed by atoms with van der Waals surface area (Å²) in [6.45, 7) is 6.64. The smallest absolute Gasteiger partial charge is 0.109 e. The van der Waals surface area contributed by atoms with Crippen molar-refractivity contribution in [2.75, 3.05) is 0 Å². The molecule has 1 aliphatic rings. The van der Waals surface area contributed by atoms with Crippen LogP contribution in [-0.4, -0.2) is 6.21 Å². The Morgan fingerprint density at radius 1 is 1.06 bits per heavy atom. The first-order valence-electron chi connectivity index (χ1n) is 5.91. The maximum atomic E-state index is 4.17. The minimum atomic E-state index is 0.199. The highest BCUT2D eigenvalue weighted by Crippen LogP contribution is 2.21. The Balaban J connectivity index is 2.16.